The van der Waals surface area contributed by atoms with Gasteiger partial charge in [-0.05, 0) is 17.7 Å². The van der Waals surface area contributed by atoms with Crippen molar-refractivity contribution < 1.29 is 14.8 Å². The Bertz CT molecular complexity index is 701. The second-order valence-corrected chi connectivity index (χ2v) is 4.81. The number of hydrogen-bond donors (Lipinski definition) is 1. The molecule has 1 heterocycles. The second kappa shape index (κ2) is 5.66. The van der Waals surface area contributed by atoms with Gasteiger partial charge in [-0.1, -0.05) is 11.3 Å². The molecule has 0 aliphatic carbocycles. The first kappa shape index (κ1) is 13.9. The van der Waals surface area contributed by atoms with Crippen molar-refractivity contribution >= 4 is 23.0 Å². The molecule has 0 aliphatic heterocycles. The number of non-ortho nitro benzene ring substituents is 1. The van der Waals surface area contributed by atoms with E-state index in [4.69, 9.17) is 5.11 Å². The van der Waals surface area contributed by atoms with Crippen molar-refractivity contribution in [1.29, 1.82) is 0 Å². The zero-order valence-corrected chi connectivity index (χ0v) is 11.0. The van der Waals surface area contributed by atoms with Crippen LogP contribution in [0.4, 0.5) is 5.69 Å². The SMILES string of the molecule is O=C(O)CCn1c(-c2ccc([N+](=O)[O-])cc2)csc1=O. The molecule has 0 radical (unpaired) electrons. The minimum absolute atomic E-state index is 0.0385. The van der Waals surface area contributed by atoms with Gasteiger partial charge in [-0.15, -0.1) is 0 Å². The highest BCUT2D eigenvalue weighted by molar-refractivity contribution is 7.07. The van der Waals surface area contributed by atoms with Crippen LogP contribution in [-0.4, -0.2) is 20.6 Å². The topological polar surface area (TPSA) is 102 Å². The molecule has 8 heteroatoms. The Labute approximate surface area is 116 Å². The van der Waals surface area contributed by atoms with Crippen LogP contribution in [0, 0.1) is 10.1 Å². The lowest BCUT2D eigenvalue weighted by molar-refractivity contribution is -0.384. The fraction of sp³-hybridized carbons (Fsp3) is 0.167. The van der Waals surface area contributed by atoms with E-state index < -0.39 is 10.9 Å². The summed E-state index contributed by atoms with van der Waals surface area (Å²) < 4.78 is 1.36. The maximum atomic E-state index is 11.7. The monoisotopic (exact) mass is 294 g/mol. The lowest BCUT2D eigenvalue weighted by Crippen LogP contribution is -2.16. The summed E-state index contributed by atoms with van der Waals surface area (Å²) in [5.74, 6) is -0.988. The molecule has 0 saturated heterocycles. The third-order valence-corrected chi connectivity index (χ3v) is 3.47. The van der Waals surface area contributed by atoms with Gasteiger partial charge in [0.2, 0.25) is 0 Å². The molecule has 7 nitrogen and oxygen atoms in total. The number of carboxylic acid groups (broad SMARTS) is 1. The number of aromatic nitrogens is 1. The summed E-state index contributed by atoms with van der Waals surface area (Å²) in [6, 6.07) is 5.77. The summed E-state index contributed by atoms with van der Waals surface area (Å²) in [4.78, 5) is 32.1. The van der Waals surface area contributed by atoms with Gasteiger partial charge in [-0.25, -0.2) is 0 Å². The third-order valence-electron chi connectivity index (χ3n) is 2.71. The zero-order chi connectivity index (χ0) is 14.7. The van der Waals surface area contributed by atoms with Gasteiger partial charge in [0, 0.05) is 24.1 Å². The highest BCUT2D eigenvalue weighted by Crippen LogP contribution is 2.23. The number of nitro benzene ring substituents is 1. The number of hydrogen-bond acceptors (Lipinski definition) is 5. The van der Waals surface area contributed by atoms with Crippen molar-refractivity contribution in [1.82, 2.24) is 4.57 Å². The minimum Gasteiger partial charge on any atom is -0.481 e. The molecule has 0 saturated carbocycles. The van der Waals surface area contributed by atoms with E-state index in [9.17, 15) is 19.7 Å². The smallest absolute Gasteiger partial charge is 0.307 e. The molecule has 2 rings (SSSR count). The molecule has 104 valence electrons. The van der Waals surface area contributed by atoms with E-state index >= 15 is 0 Å². The number of benzene rings is 1. The van der Waals surface area contributed by atoms with Crippen molar-refractivity contribution in [2.24, 2.45) is 0 Å². The third kappa shape index (κ3) is 2.91. The Morgan fingerprint density at radius 2 is 2.00 bits per heavy atom. The van der Waals surface area contributed by atoms with Crippen LogP contribution in [0.2, 0.25) is 0 Å². The first-order valence-corrected chi connectivity index (χ1v) is 6.52. The molecular formula is C12H10N2O5S. The quantitative estimate of drug-likeness (QED) is 0.670. The molecule has 0 aliphatic rings. The summed E-state index contributed by atoms with van der Waals surface area (Å²) in [6.45, 7) is 0.0734. The summed E-state index contributed by atoms with van der Waals surface area (Å²) in [5, 5.41) is 20.9. The summed E-state index contributed by atoms with van der Waals surface area (Å²) in [5.41, 5.74) is 1.17. The highest BCUT2D eigenvalue weighted by Gasteiger charge is 2.12. The van der Waals surface area contributed by atoms with Crippen LogP contribution in [0.3, 0.4) is 0 Å². The Balaban J connectivity index is 2.35. The predicted octanol–water partition coefficient (Wildman–Crippen LogP) is 1.96. The number of carbonyl (C=O) groups is 1. The largest absolute Gasteiger partial charge is 0.481 e. The van der Waals surface area contributed by atoms with Crippen molar-refractivity contribution in [2.75, 3.05) is 0 Å². The van der Waals surface area contributed by atoms with Gasteiger partial charge in [0.15, 0.2) is 0 Å². The van der Waals surface area contributed by atoms with Crippen molar-refractivity contribution in [3.05, 3.63) is 49.4 Å². The molecule has 0 spiro atoms. The molecule has 0 amide bonds. The molecule has 1 aromatic heterocycles. The minimum atomic E-state index is -0.988. The van der Waals surface area contributed by atoms with E-state index in [-0.39, 0.29) is 23.5 Å². The van der Waals surface area contributed by atoms with Crippen molar-refractivity contribution in [2.45, 2.75) is 13.0 Å². The number of nitro groups is 1. The van der Waals surface area contributed by atoms with E-state index in [0.29, 0.717) is 11.3 Å². The van der Waals surface area contributed by atoms with Crippen LogP contribution in [0.1, 0.15) is 6.42 Å². The van der Waals surface area contributed by atoms with E-state index in [1.807, 2.05) is 0 Å². The van der Waals surface area contributed by atoms with E-state index in [2.05, 4.69) is 0 Å². The van der Waals surface area contributed by atoms with Crippen LogP contribution in [0.15, 0.2) is 34.4 Å². The first-order valence-electron chi connectivity index (χ1n) is 5.64. The number of nitrogens with zero attached hydrogens (tertiary/aromatic N) is 2. The molecule has 20 heavy (non-hydrogen) atoms. The molecule has 0 unspecified atom stereocenters. The standard InChI is InChI=1S/C12H10N2O5S/c15-11(16)5-6-13-10(7-20-12(13)17)8-1-3-9(4-2-8)14(18)19/h1-4,7H,5-6H2,(H,15,16). The zero-order valence-electron chi connectivity index (χ0n) is 10.2. The van der Waals surface area contributed by atoms with Crippen LogP contribution in [-0.2, 0) is 11.3 Å². The van der Waals surface area contributed by atoms with Crippen molar-refractivity contribution in [3.63, 3.8) is 0 Å². The number of carboxylic acids is 1. The Hall–Kier alpha value is -2.48. The van der Waals surface area contributed by atoms with Crippen LogP contribution >= 0.6 is 11.3 Å². The number of rotatable bonds is 5. The van der Waals surface area contributed by atoms with Crippen LogP contribution in [0.25, 0.3) is 11.3 Å². The van der Waals surface area contributed by atoms with Gasteiger partial charge in [0.25, 0.3) is 5.69 Å². The van der Waals surface area contributed by atoms with Gasteiger partial charge in [0.1, 0.15) is 0 Å². The Morgan fingerprint density at radius 1 is 1.35 bits per heavy atom. The van der Waals surface area contributed by atoms with Gasteiger partial charge >= 0.3 is 10.8 Å². The Morgan fingerprint density at radius 3 is 2.55 bits per heavy atom. The lowest BCUT2D eigenvalue weighted by atomic mass is 10.1. The summed E-state index contributed by atoms with van der Waals surface area (Å²) in [6.07, 6.45) is -0.156. The average molecular weight is 294 g/mol. The van der Waals surface area contributed by atoms with Gasteiger partial charge in [-0.3, -0.25) is 24.3 Å². The fourth-order valence-corrected chi connectivity index (χ4v) is 2.52. The van der Waals surface area contributed by atoms with Gasteiger partial charge < -0.3 is 5.11 Å². The highest BCUT2D eigenvalue weighted by atomic mass is 32.1. The second-order valence-electron chi connectivity index (χ2n) is 3.99. The Kier molecular flexibility index (Phi) is 3.94. The molecule has 2 aromatic rings. The predicted molar refractivity (Wildman–Crippen MR) is 72.9 cm³/mol. The van der Waals surface area contributed by atoms with Crippen LogP contribution in [0.5, 0.6) is 0 Å². The van der Waals surface area contributed by atoms with E-state index in [0.717, 1.165) is 11.3 Å². The van der Waals surface area contributed by atoms with Gasteiger partial charge in [-0.2, -0.15) is 0 Å². The number of thiazole rings is 1. The maximum absolute atomic E-state index is 11.7. The molecule has 0 atom stereocenters. The average Bonchev–Trinajstić information content (AvgIpc) is 2.77. The van der Waals surface area contributed by atoms with E-state index in [1.54, 1.807) is 5.38 Å². The molecule has 1 aromatic carbocycles. The molecule has 0 bridgehead atoms. The molecular weight excluding hydrogens is 284 g/mol. The lowest BCUT2D eigenvalue weighted by Gasteiger charge is -2.06. The van der Waals surface area contributed by atoms with Crippen molar-refractivity contribution in [3.8, 4) is 11.3 Å². The normalized spacial score (nSPS) is 10.4. The molecule has 1 N–H and O–H groups in total. The number of aliphatic carboxylic acids is 1. The summed E-state index contributed by atoms with van der Waals surface area (Å²) in [7, 11) is 0. The first-order chi connectivity index (χ1) is 9.49. The van der Waals surface area contributed by atoms with Crippen LogP contribution < -0.4 is 4.87 Å². The summed E-state index contributed by atoms with van der Waals surface area (Å²) >= 11 is 0.969. The van der Waals surface area contributed by atoms with Gasteiger partial charge in [0.05, 0.1) is 17.0 Å². The molecule has 0 fully saturated rings. The fourth-order valence-electron chi connectivity index (χ4n) is 1.73. The van der Waals surface area contributed by atoms with E-state index in [1.165, 1.54) is 28.8 Å². The maximum Gasteiger partial charge on any atom is 0.307 e.